The van der Waals surface area contributed by atoms with Crippen LogP contribution in [0.3, 0.4) is 0 Å². The van der Waals surface area contributed by atoms with Crippen molar-refractivity contribution in [2.24, 2.45) is 11.8 Å². The number of piperidine rings is 1. The van der Waals surface area contributed by atoms with Gasteiger partial charge >= 0.3 is 0 Å². The average molecular weight is 414 g/mol. The van der Waals surface area contributed by atoms with Gasteiger partial charge in [-0.2, -0.15) is 0 Å². The molecule has 1 atom stereocenters. The van der Waals surface area contributed by atoms with Crippen LogP contribution in [0.4, 0.5) is 0 Å². The zero-order valence-corrected chi connectivity index (χ0v) is 17.6. The van der Waals surface area contributed by atoms with Gasteiger partial charge in [-0.05, 0) is 62.6 Å². The van der Waals surface area contributed by atoms with Gasteiger partial charge in [-0.3, -0.25) is 14.4 Å². The van der Waals surface area contributed by atoms with Crippen molar-refractivity contribution in [3.63, 3.8) is 0 Å². The molecule has 0 bridgehead atoms. The second kappa shape index (κ2) is 9.06. The highest BCUT2D eigenvalue weighted by molar-refractivity contribution is 5.94. The lowest BCUT2D eigenvalue weighted by Gasteiger charge is -2.37. The standard InChI is InChI=1S/C23H31N3O4/c1-30-19-6-4-5-18(15-19)22(28)26-13-9-16(10-14-26)20(24-21(27)17-7-8-17)23(29)25-11-2-3-12-25/h4-6,15-17,20H,2-3,7-14H2,1H3,(H,24,27)/t20-/m1/s1. The van der Waals surface area contributed by atoms with Gasteiger partial charge in [-0.1, -0.05) is 6.07 Å². The molecule has 1 aliphatic carbocycles. The molecule has 162 valence electrons. The number of amides is 3. The number of hydrogen-bond acceptors (Lipinski definition) is 4. The summed E-state index contributed by atoms with van der Waals surface area (Å²) in [6.45, 7) is 2.73. The zero-order valence-electron chi connectivity index (χ0n) is 17.6. The van der Waals surface area contributed by atoms with Gasteiger partial charge in [0.05, 0.1) is 7.11 Å². The maximum Gasteiger partial charge on any atom is 0.253 e. The summed E-state index contributed by atoms with van der Waals surface area (Å²) in [6, 6.07) is 6.72. The smallest absolute Gasteiger partial charge is 0.253 e. The van der Waals surface area contributed by atoms with Gasteiger partial charge in [-0.25, -0.2) is 0 Å². The van der Waals surface area contributed by atoms with Crippen molar-refractivity contribution in [3.8, 4) is 5.75 Å². The van der Waals surface area contributed by atoms with Crippen LogP contribution in [0.1, 0.15) is 48.9 Å². The molecule has 0 radical (unpaired) electrons. The van der Waals surface area contributed by atoms with Gasteiger partial charge in [0.2, 0.25) is 11.8 Å². The highest BCUT2D eigenvalue weighted by Gasteiger charge is 2.39. The van der Waals surface area contributed by atoms with Crippen molar-refractivity contribution in [3.05, 3.63) is 29.8 Å². The van der Waals surface area contributed by atoms with Gasteiger partial charge in [0.1, 0.15) is 11.8 Å². The van der Waals surface area contributed by atoms with Crippen molar-refractivity contribution in [1.29, 1.82) is 0 Å². The molecular weight excluding hydrogens is 382 g/mol. The molecule has 1 saturated carbocycles. The van der Waals surface area contributed by atoms with Crippen molar-refractivity contribution in [1.82, 2.24) is 15.1 Å². The quantitative estimate of drug-likeness (QED) is 0.774. The molecule has 1 aromatic rings. The fraction of sp³-hybridized carbons (Fsp3) is 0.609. The first-order chi connectivity index (χ1) is 14.6. The summed E-state index contributed by atoms with van der Waals surface area (Å²) in [5.74, 6) is 0.858. The summed E-state index contributed by atoms with van der Waals surface area (Å²) in [5.41, 5.74) is 0.611. The lowest BCUT2D eigenvalue weighted by molar-refractivity contribution is -0.138. The summed E-state index contributed by atoms with van der Waals surface area (Å²) in [6.07, 6.45) is 5.33. The third kappa shape index (κ3) is 4.60. The Morgan fingerprint density at radius 1 is 1.00 bits per heavy atom. The monoisotopic (exact) mass is 413 g/mol. The minimum Gasteiger partial charge on any atom is -0.497 e. The SMILES string of the molecule is COc1cccc(C(=O)N2CCC([C@@H](NC(=O)C3CC3)C(=O)N3CCCC3)CC2)c1. The van der Waals surface area contributed by atoms with Gasteiger partial charge in [0.15, 0.2) is 0 Å². The van der Waals surface area contributed by atoms with Crippen LogP contribution in [-0.2, 0) is 9.59 Å². The molecule has 4 rings (SSSR count). The molecule has 7 nitrogen and oxygen atoms in total. The number of benzene rings is 1. The Labute approximate surface area is 177 Å². The first kappa shape index (κ1) is 20.7. The van der Waals surface area contributed by atoms with Crippen LogP contribution in [0, 0.1) is 11.8 Å². The van der Waals surface area contributed by atoms with E-state index in [1.54, 1.807) is 19.2 Å². The Morgan fingerprint density at radius 3 is 2.33 bits per heavy atom. The Kier molecular flexibility index (Phi) is 6.25. The predicted octanol–water partition coefficient (Wildman–Crippen LogP) is 2.06. The molecule has 30 heavy (non-hydrogen) atoms. The molecule has 3 fully saturated rings. The minimum atomic E-state index is -0.467. The van der Waals surface area contributed by atoms with Crippen LogP contribution < -0.4 is 10.1 Å². The van der Waals surface area contributed by atoms with E-state index in [-0.39, 0.29) is 29.6 Å². The lowest BCUT2D eigenvalue weighted by atomic mass is 9.88. The molecule has 0 aromatic heterocycles. The number of carbonyl (C=O) groups excluding carboxylic acids is 3. The second-order valence-corrected chi connectivity index (χ2v) is 8.65. The molecule has 0 unspecified atom stereocenters. The fourth-order valence-electron chi connectivity index (χ4n) is 4.51. The third-order valence-corrected chi connectivity index (χ3v) is 6.54. The second-order valence-electron chi connectivity index (χ2n) is 8.65. The van der Waals surface area contributed by atoms with E-state index in [9.17, 15) is 14.4 Å². The molecule has 1 N–H and O–H groups in total. The summed E-state index contributed by atoms with van der Waals surface area (Å²) >= 11 is 0. The zero-order chi connectivity index (χ0) is 21.1. The van der Waals surface area contributed by atoms with Crippen molar-refractivity contribution < 1.29 is 19.1 Å². The minimum absolute atomic E-state index is 0.0161. The number of nitrogens with zero attached hydrogens (tertiary/aromatic N) is 2. The van der Waals surface area contributed by atoms with E-state index in [0.29, 0.717) is 37.2 Å². The topological polar surface area (TPSA) is 79.0 Å². The summed E-state index contributed by atoms with van der Waals surface area (Å²) < 4.78 is 5.22. The van der Waals surface area contributed by atoms with E-state index in [0.717, 1.165) is 38.8 Å². The Hall–Kier alpha value is -2.57. The molecule has 2 heterocycles. The number of carbonyl (C=O) groups is 3. The molecular formula is C23H31N3O4. The van der Waals surface area contributed by atoms with E-state index in [4.69, 9.17) is 4.74 Å². The molecule has 2 saturated heterocycles. The highest BCUT2D eigenvalue weighted by Crippen LogP contribution is 2.31. The summed E-state index contributed by atoms with van der Waals surface area (Å²) in [5, 5.41) is 3.07. The maximum atomic E-state index is 13.1. The van der Waals surface area contributed by atoms with Gasteiger partial charge in [-0.15, -0.1) is 0 Å². The van der Waals surface area contributed by atoms with E-state index < -0.39 is 6.04 Å². The van der Waals surface area contributed by atoms with Crippen LogP contribution in [0.25, 0.3) is 0 Å². The first-order valence-corrected chi connectivity index (χ1v) is 11.1. The third-order valence-electron chi connectivity index (χ3n) is 6.54. The van der Waals surface area contributed by atoms with E-state index in [1.165, 1.54) is 0 Å². The Morgan fingerprint density at radius 2 is 1.70 bits per heavy atom. The fourth-order valence-corrected chi connectivity index (χ4v) is 4.51. The molecule has 1 aromatic carbocycles. The average Bonchev–Trinajstić information content (AvgIpc) is 3.50. The normalized spacial score (nSPS) is 20.7. The van der Waals surface area contributed by atoms with Crippen molar-refractivity contribution >= 4 is 17.7 Å². The highest BCUT2D eigenvalue weighted by atomic mass is 16.5. The molecule has 7 heteroatoms. The number of nitrogens with one attached hydrogen (secondary N) is 1. The van der Waals surface area contributed by atoms with Crippen LogP contribution in [0.5, 0.6) is 5.75 Å². The Bertz CT molecular complexity index is 793. The van der Waals surface area contributed by atoms with Crippen LogP contribution in [-0.4, -0.2) is 66.9 Å². The van der Waals surface area contributed by atoms with Gasteiger partial charge < -0.3 is 19.9 Å². The van der Waals surface area contributed by atoms with Crippen molar-refractivity contribution in [2.75, 3.05) is 33.3 Å². The van der Waals surface area contributed by atoms with Crippen LogP contribution in [0.15, 0.2) is 24.3 Å². The molecule has 3 amide bonds. The van der Waals surface area contributed by atoms with Gasteiger partial charge in [0, 0.05) is 37.7 Å². The predicted molar refractivity (Wildman–Crippen MR) is 112 cm³/mol. The number of likely N-dealkylation sites (tertiary alicyclic amines) is 2. The number of hydrogen-bond donors (Lipinski definition) is 1. The van der Waals surface area contributed by atoms with Crippen molar-refractivity contribution in [2.45, 2.75) is 44.6 Å². The Balaban J connectivity index is 1.40. The number of methoxy groups -OCH3 is 1. The van der Waals surface area contributed by atoms with E-state index >= 15 is 0 Å². The summed E-state index contributed by atoms with van der Waals surface area (Å²) in [7, 11) is 1.59. The maximum absolute atomic E-state index is 13.1. The number of rotatable bonds is 6. The summed E-state index contributed by atoms with van der Waals surface area (Å²) in [4.78, 5) is 42.2. The largest absolute Gasteiger partial charge is 0.497 e. The van der Waals surface area contributed by atoms with E-state index in [1.807, 2.05) is 21.9 Å². The first-order valence-electron chi connectivity index (χ1n) is 11.1. The molecule has 2 aliphatic heterocycles. The van der Waals surface area contributed by atoms with Gasteiger partial charge in [0.25, 0.3) is 5.91 Å². The molecule has 0 spiro atoms. The molecule has 3 aliphatic rings. The number of ether oxygens (including phenoxy) is 1. The van der Waals surface area contributed by atoms with Crippen LogP contribution in [0.2, 0.25) is 0 Å². The lowest BCUT2D eigenvalue weighted by Crippen LogP contribution is -2.54. The van der Waals surface area contributed by atoms with E-state index in [2.05, 4.69) is 5.32 Å². The van der Waals surface area contributed by atoms with Crippen LogP contribution >= 0.6 is 0 Å².